The summed E-state index contributed by atoms with van der Waals surface area (Å²) in [4.78, 5) is 20.9. The molecule has 0 heterocycles. The van der Waals surface area contributed by atoms with Gasteiger partial charge < -0.3 is 4.74 Å². The maximum absolute atomic E-state index is 11.5. The second kappa shape index (κ2) is 35.2. The van der Waals surface area contributed by atoms with E-state index in [9.17, 15) is 4.79 Å². The van der Waals surface area contributed by atoms with Gasteiger partial charge in [0.1, 0.15) is 0 Å². The molecular formula is C34H68O5. The molecule has 0 saturated heterocycles. The lowest BCUT2D eigenvalue weighted by atomic mass is 10.0. The van der Waals surface area contributed by atoms with Gasteiger partial charge in [0.2, 0.25) is 0 Å². The van der Waals surface area contributed by atoms with Crippen molar-refractivity contribution in [3.05, 3.63) is 0 Å². The Morgan fingerprint density at radius 2 is 0.667 bits per heavy atom. The molecule has 0 aromatic carbocycles. The summed E-state index contributed by atoms with van der Waals surface area (Å²) in [5.74, 6) is 0. The fourth-order valence-corrected chi connectivity index (χ4v) is 5.09. The van der Waals surface area contributed by atoms with Crippen LogP contribution in [0.5, 0.6) is 0 Å². The van der Waals surface area contributed by atoms with Crippen LogP contribution in [-0.4, -0.2) is 19.4 Å². The molecule has 0 aliphatic carbocycles. The number of rotatable bonds is 33. The van der Waals surface area contributed by atoms with Gasteiger partial charge in [-0.2, -0.15) is 4.89 Å². The van der Waals surface area contributed by atoms with Gasteiger partial charge in [0.05, 0.1) is 13.2 Å². The smallest absolute Gasteiger partial charge is 0.432 e. The van der Waals surface area contributed by atoms with Crippen LogP contribution in [0.2, 0.25) is 0 Å². The molecule has 0 N–H and O–H groups in total. The number of carbonyl (C=O) groups excluding carboxylic acids is 1. The predicted molar refractivity (Wildman–Crippen MR) is 165 cm³/mol. The van der Waals surface area contributed by atoms with Crippen LogP contribution >= 0.6 is 0 Å². The van der Waals surface area contributed by atoms with Crippen molar-refractivity contribution >= 4 is 6.16 Å². The van der Waals surface area contributed by atoms with Gasteiger partial charge in [0, 0.05) is 0 Å². The molecule has 0 aromatic heterocycles. The minimum Gasteiger partial charge on any atom is -0.432 e. The Morgan fingerprint density at radius 1 is 0.385 bits per heavy atom. The van der Waals surface area contributed by atoms with E-state index >= 15 is 0 Å². The third-order valence-electron chi connectivity index (χ3n) is 7.70. The minimum absolute atomic E-state index is 0.374. The molecule has 0 aliphatic heterocycles. The number of hydrogen-bond donors (Lipinski definition) is 0. The van der Waals surface area contributed by atoms with Crippen molar-refractivity contribution in [2.24, 2.45) is 0 Å². The van der Waals surface area contributed by atoms with Gasteiger partial charge in [0.15, 0.2) is 0 Å². The Hall–Kier alpha value is -0.810. The summed E-state index contributed by atoms with van der Waals surface area (Å²) in [5, 5.41) is 4.51. The fourth-order valence-electron chi connectivity index (χ4n) is 5.09. The highest BCUT2D eigenvalue weighted by Gasteiger charge is 2.05. The molecule has 5 heteroatoms. The molecule has 0 fully saturated rings. The standard InChI is InChI=1S/C34H68O5/c1-3-5-7-9-11-13-15-17-18-19-20-21-23-25-27-29-31-33-37-39-38-34(35)36-32-30-28-26-24-22-16-14-12-10-8-6-4-2/h3-33H2,1-2H3. The summed E-state index contributed by atoms with van der Waals surface area (Å²) < 4.78 is 5.01. The van der Waals surface area contributed by atoms with Crippen molar-refractivity contribution in [2.75, 3.05) is 13.2 Å². The van der Waals surface area contributed by atoms with E-state index in [1.807, 2.05) is 0 Å². The van der Waals surface area contributed by atoms with Crippen molar-refractivity contribution in [2.45, 2.75) is 200 Å². The van der Waals surface area contributed by atoms with Crippen LogP contribution in [0.3, 0.4) is 0 Å². The van der Waals surface area contributed by atoms with Crippen LogP contribution in [0.1, 0.15) is 200 Å². The molecule has 39 heavy (non-hydrogen) atoms. The third-order valence-corrected chi connectivity index (χ3v) is 7.70. The Kier molecular flexibility index (Phi) is 34.5. The van der Waals surface area contributed by atoms with Crippen molar-refractivity contribution in [1.82, 2.24) is 0 Å². The number of unbranched alkanes of at least 4 members (excludes halogenated alkanes) is 27. The van der Waals surface area contributed by atoms with Gasteiger partial charge in [-0.25, -0.2) is 9.68 Å². The monoisotopic (exact) mass is 557 g/mol. The van der Waals surface area contributed by atoms with Crippen molar-refractivity contribution in [1.29, 1.82) is 0 Å². The Morgan fingerprint density at radius 3 is 1.00 bits per heavy atom. The van der Waals surface area contributed by atoms with Gasteiger partial charge in [-0.05, 0) is 17.9 Å². The second-order valence-corrected chi connectivity index (χ2v) is 11.6. The van der Waals surface area contributed by atoms with Gasteiger partial charge in [-0.3, -0.25) is 0 Å². The second-order valence-electron chi connectivity index (χ2n) is 11.6. The number of hydrogen-bond acceptors (Lipinski definition) is 5. The highest BCUT2D eigenvalue weighted by atomic mass is 17.5. The highest BCUT2D eigenvalue weighted by Crippen LogP contribution is 2.14. The largest absolute Gasteiger partial charge is 0.542 e. The first-order valence-corrected chi connectivity index (χ1v) is 17.4. The molecule has 0 aromatic rings. The van der Waals surface area contributed by atoms with Crippen LogP contribution in [-0.2, 0) is 19.6 Å². The first kappa shape index (κ1) is 38.2. The van der Waals surface area contributed by atoms with E-state index < -0.39 is 6.16 Å². The van der Waals surface area contributed by atoms with Crippen LogP contribution in [0, 0.1) is 0 Å². The van der Waals surface area contributed by atoms with E-state index in [4.69, 9.17) is 9.62 Å². The Labute approximate surface area is 243 Å². The molecule has 0 aliphatic rings. The molecule has 0 atom stereocenters. The summed E-state index contributed by atoms with van der Waals surface area (Å²) in [5.41, 5.74) is 0. The van der Waals surface area contributed by atoms with E-state index in [1.54, 1.807) is 0 Å². The van der Waals surface area contributed by atoms with Crippen LogP contribution < -0.4 is 0 Å². The molecule has 0 bridgehead atoms. The molecule has 0 saturated carbocycles. The van der Waals surface area contributed by atoms with Gasteiger partial charge in [-0.15, -0.1) is 0 Å². The molecule has 234 valence electrons. The lowest BCUT2D eigenvalue weighted by Crippen LogP contribution is -2.10. The molecule has 5 nitrogen and oxygen atoms in total. The molecular weight excluding hydrogens is 488 g/mol. The molecule has 0 unspecified atom stereocenters. The Bertz CT molecular complexity index is 457. The van der Waals surface area contributed by atoms with Crippen molar-refractivity contribution in [3.8, 4) is 0 Å². The van der Waals surface area contributed by atoms with Crippen molar-refractivity contribution in [3.63, 3.8) is 0 Å². The highest BCUT2D eigenvalue weighted by molar-refractivity contribution is 5.58. The summed E-state index contributed by atoms with van der Waals surface area (Å²) in [6, 6.07) is 0. The fraction of sp³-hybridized carbons (Fsp3) is 0.971. The quantitative estimate of drug-likeness (QED) is 0.0348. The van der Waals surface area contributed by atoms with E-state index in [2.05, 4.69) is 23.8 Å². The molecule has 0 radical (unpaired) electrons. The SMILES string of the molecule is CCCCCCCCCCCCCCCCCCCOOOC(=O)OCCCCCCCCCCCCCC. The third kappa shape index (κ3) is 35.2. The summed E-state index contributed by atoms with van der Waals surface area (Å²) in [6.45, 7) is 5.36. The van der Waals surface area contributed by atoms with E-state index in [1.165, 1.54) is 161 Å². The zero-order valence-corrected chi connectivity index (χ0v) is 26.5. The summed E-state index contributed by atoms with van der Waals surface area (Å²) in [6.07, 6.45) is 37.4. The molecule has 0 amide bonds. The zero-order chi connectivity index (χ0) is 28.3. The average Bonchev–Trinajstić information content (AvgIpc) is 2.94. The zero-order valence-electron chi connectivity index (χ0n) is 26.5. The maximum Gasteiger partial charge on any atom is 0.542 e. The molecule has 0 spiro atoms. The summed E-state index contributed by atoms with van der Waals surface area (Å²) >= 11 is 0. The van der Waals surface area contributed by atoms with Crippen LogP contribution in [0.4, 0.5) is 4.79 Å². The molecule has 0 rings (SSSR count). The summed E-state index contributed by atoms with van der Waals surface area (Å²) in [7, 11) is 0. The average molecular weight is 557 g/mol. The lowest BCUT2D eigenvalue weighted by molar-refractivity contribution is -0.486. The maximum atomic E-state index is 11.5. The first-order chi connectivity index (χ1) is 19.3. The van der Waals surface area contributed by atoms with E-state index in [0.29, 0.717) is 13.2 Å². The minimum atomic E-state index is -0.819. The Balaban J connectivity index is 3.13. The lowest BCUT2D eigenvalue weighted by Gasteiger charge is -2.05. The van der Waals surface area contributed by atoms with E-state index in [0.717, 1.165) is 25.7 Å². The van der Waals surface area contributed by atoms with Gasteiger partial charge in [0.25, 0.3) is 0 Å². The van der Waals surface area contributed by atoms with Crippen LogP contribution in [0.25, 0.3) is 0 Å². The van der Waals surface area contributed by atoms with Gasteiger partial charge >= 0.3 is 6.16 Å². The van der Waals surface area contributed by atoms with Crippen LogP contribution in [0.15, 0.2) is 0 Å². The topological polar surface area (TPSA) is 54.0 Å². The normalized spacial score (nSPS) is 11.2. The predicted octanol–water partition coefficient (Wildman–Crippen LogP) is 12.4. The first-order valence-electron chi connectivity index (χ1n) is 17.4. The number of carbonyl (C=O) groups is 1. The number of ether oxygens (including phenoxy) is 1. The van der Waals surface area contributed by atoms with Crippen molar-refractivity contribution < 1.29 is 24.3 Å². The van der Waals surface area contributed by atoms with E-state index in [-0.39, 0.29) is 0 Å². The van der Waals surface area contributed by atoms with Gasteiger partial charge in [-0.1, -0.05) is 187 Å².